The van der Waals surface area contributed by atoms with Gasteiger partial charge in [0, 0.05) is 26.0 Å². The van der Waals surface area contributed by atoms with Gasteiger partial charge in [0.15, 0.2) is 0 Å². The van der Waals surface area contributed by atoms with Gasteiger partial charge in [-0.3, -0.25) is 4.68 Å². The number of methoxy groups -OCH3 is 1. The highest BCUT2D eigenvalue weighted by Gasteiger charge is 2.07. The second-order valence-electron chi connectivity index (χ2n) is 4.86. The first-order valence-corrected chi connectivity index (χ1v) is 7.05. The van der Waals surface area contributed by atoms with Crippen molar-refractivity contribution < 1.29 is 4.74 Å². The molecule has 2 aromatic rings. The number of rotatable bonds is 8. The van der Waals surface area contributed by atoms with Gasteiger partial charge in [-0.25, -0.2) is 4.98 Å². The van der Waals surface area contributed by atoms with Crippen LogP contribution in [0.5, 0.6) is 0 Å². The van der Waals surface area contributed by atoms with Crippen LogP contribution in [0.25, 0.3) is 0 Å². The fourth-order valence-corrected chi connectivity index (χ4v) is 2.01. The third kappa shape index (κ3) is 3.84. The summed E-state index contributed by atoms with van der Waals surface area (Å²) in [6.45, 7) is 6.59. The lowest BCUT2D eigenvalue weighted by Gasteiger charge is -2.07. The number of unbranched alkanes of at least 4 members (excludes halogenated alkanes) is 1. The number of nitrogens with one attached hydrogen (secondary N) is 1. The fourth-order valence-electron chi connectivity index (χ4n) is 2.01. The van der Waals surface area contributed by atoms with Gasteiger partial charge in [0.2, 0.25) is 5.95 Å². The molecule has 0 aliphatic heterocycles. The summed E-state index contributed by atoms with van der Waals surface area (Å²) >= 11 is 0. The molecule has 2 heterocycles. The number of ether oxygens (including phenoxy) is 1. The molecule has 2 aromatic heterocycles. The molecule has 0 fully saturated rings. The Kier molecular flexibility index (Phi) is 5.17. The maximum Gasteiger partial charge on any atom is 0.207 e. The molecule has 0 aliphatic rings. The van der Waals surface area contributed by atoms with Gasteiger partial charge in [-0.05, 0) is 13.3 Å². The van der Waals surface area contributed by atoms with Gasteiger partial charge in [0.1, 0.15) is 0 Å². The Morgan fingerprint density at radius 2 is 2.15 bits per heavy atom. The van der Waals surface area contributed by atoms with Crippen molar-refractivity contribution in [1.82, 2.24) is 19.3 Å². The van der Waals surface area contributed by atoms with Crippen molar-refractivity contribution in [1.29, 1.82) is 0 Å². The molecule has 0 bridgehead atoms. The zero-order valence-electron chi connectivity index (χ0n) is 12.5. The molecule has 110 valence electrons. The van der Waals surface area contributed by atoms with Crippen LogP contribution >= 0.6 is 0 Å². The zero-order chi connectivity index (χ0) is 14.4. The van der Waals surface area contributed by atoms with Gasteiger partial charge in [0.25, 0.3) is 0 Å². The minimum atomic E-state index is 0.658. The fraction of sp³-hybridized carbons (Fsp3) is 0.571. The first kappa shape index (κ1) is 14.6. The molecule has 0 radical (unpaired) electrons. The summed E-state index contributed by atoms with van der Waals surface area (Å²) in [4.78, 5) is 4.52. The Morgan fingerprint density at radius 3 is 2.90 bits per heavy atom. The third-order valence-corrected chi connectivity index (χ3v) is 3.06. The Hall–Kier alpha value is -1.82. The average molecular weight is 277 g/mol. The summed E-state index contributed by atoms with van der Waals surface area (Å²) < 4.78 is 9.06. The van der Waals surface area contributed by atoms with Crippen LogP contribution in [0.15, 0.2) is 18.6 Å². The lowest BCUT2D eigenvalue weighted by atomic mass is 10.3. The van der Waals surface area contributed by atoms with E-state index >= 15 is 0 Å². The molecule has 6 nitrogen and oxygen atoms in total. The smallest absolute Gasteiger partial charge is 0.207 e. The van der Waals surface area contributed by atoms with Crippen LogP contribution in [0.2, 0.25) is 0 Å². The minimum Gasteiger partial charge on any atom is -0.383 e. The summed E-state index contributed by atoms with van der Waals surface area (Å²) in [6, 6.07) is 0. The number of hydrogen-bond donors (Lipinski definition) is 1. The maximum atomic E-state index is 5.04. The summed E-state index contributed by atoms with van der Waals surface area (Å²) in [5, 5.41) is 7.61. The molecular weight excluding hydrogens is 254 g/mol. The van der Waals surface area contributed by atoms with E-state index < -0.39 is 0 Å². The molecule has 0 aliphatic carbocycles. The normalized spacial score (nSPS) is 10.9. The highest BCUT2D eigenvalue weighted by atomic mass is 16.5. The minimum absolute atomic E-state index is 0.658. The molecule has 0 amide bonds. The van der Waals surface area contributed by atoms with Crippen LogP contribution in [0, 0.1) is 6.92 Å². The third-order valence-electron chi connectivity index (χ3n) is 3.06. The topological polar surface area (TPSA) is 56.9 Å². The summed E-state index contributed by atoms with van der Waals surface area (Å²) in [7, 11) is 1.69. The van der Waals surface area contributed by atoms with Gasteiger partial charge in [-0.2, -0.15) is 5.10 Å². The first-order chi connectivity index (χ1) is 9.72. The van der Waals surface area contributed by atoms with Gasteiger partial charge >= 0.3 is 0 Å². The Morgan fingerprint density at radius 1 is 1.30 bits per heavy atom. The maximum absolute atomic E-state index is 5.04. The van der Waals surface area contributed by atoms with Crippen LogP contribution in [-0.2, 0) is 17.8 Å². The first-order valence-electron chi connectivity index (χ1n) is 7.05. The molecule has 20 heavy (non-hydrogen) atoms. The Balaban J connectivity index is 2.03. The Labute approximate surface area is 119 Å². The van der Waals surface area contributed by atoms with Crippen LogP contribution in [0.3, 0.4) is 0 Å². The SMILES string of the molecule is CCCCn1cc(C)nc1Nc1cnn(CCOC)c1. The second-order valence-corrected chi connectivity index (χ2v) is 4.86. The molecule has 0 saturated carbocycles. The highest BCUT2D eigenvalue weighted by Crippen LogP contribution is 2.16. The van der Waals surface area contributed by atoms with Crippen molar-refractivity contribution >= 4 is 11.6 Å². The summed E-state index contributed by atoms with van der Waals surface area (Å²) in [5.74, 6) is 0.877. The number of imidazole rings is 1. The Bertz CT molecular complexity index is 531. The van der Waals surface area contributed by atoms with Crippen LogP contribution in [0.4, 0.5) is 11.6 Å². The predicted octanol–water partition coefficient (Wildman–Crippen LogP) is 2.58. The van der Waals surface area contributed by atoms with E-state index in [2.05, 4.69) is 33.1 Å². The molecule has 1 N–H and O–H groups in total. The van der Waals surface area contributed by atoms with Crippen molar-refractivity contribution in [2.75, 3.05) is 19.0 Å². The van der Waals surface area contributed by atoms with Gasteiger partial charge in [-0.1, -0.05) is 13.3 Å². The van der Waals surface area contributed by atoms with E-state index in [0.717, 1.165) is 36.8 Å². The number of aryl methyl sites for hydroxylation is 2. The molecule has 0 spiro atoms. The molecule has 6 heteroatoms. The van der Waals surface area contributed by atoms with Gasteiger partial charge in [-0.15, -0.1) is 0 Å². The van der Waals surface area contributed by atoms with E-state index in [4.69, 9.17) is 4.74 Å². The molecule has 0 aromatic carbocycles. The molecule has 0 unspecified atom stereocenters. The van der Waals surface area contributed by atoms with Gasteiger partial charge in [0.05, 0.1) is 30.7 Å². The second kappa shape index (κ2) is 7.09. The number of aromatic nitrogens is 4. The zero-order valence-corrected chi connectivity index (χ0v) is 12.5. The van der Waals surface area contributed by atoms with E-state index in [9.17, 15) is 0 Å². The lowest BCUT2D eigenvalue weighted by molar-refractivity contribution is 0.183. The monoisotopic (exact) mass is 277 g/mol. The number of nitrogens with zero attached hydrogens (tertiary/aromatic N) is 4. The van der Waals surface area contributed by atoms with E-state index in [1.165, 1.54) is 6.42 Å². The standard InChI is InChI=1S/C14H23N5O/c1-4-5-6-18-10-12(2)16-14(18)17-13-9-15-19(11-13)7-8-20-3/h9-11H,4-8H2,1-3H3,(H,16,17). The summed E-state index contributed by atoms with van der Waals surface area (Å²) in [5.41, 5.74) is 1.97. The van der Waals surface area contributed by atoms with Crippen LogP contribution in [-0.4, -0.2) is 33.0 Å². The van der Waals surface area contributed by atoms with Crippen molar-refractivity contribution in [2.24, 2.45) is 0 Å². The van der Waals surface area contributed by atoms with Crippen LogP contribution in [0.1, 0.15) is 25.5 Å². The van der Waals surface area contributed by atoms with Crippen molar-refractivity contribution in [3.8, 4) is 0 Å². The molecule has 0 atom stereocenters. The summed E-state index contributed by atoms with van der Waals surface area (Å²) in [6.07, 6.45) is 8.17. The van der Waals surface area contributed by atoms with Crippen molar-refractivity contribution in [3.63, 3.8) is 0 Å². The van der Waals surface area contributed by atoms with Crippen molar-refractivity contribution in [3.05, 3.63) is 24.3 Å². The molecule has 0 saturated heterocycles. The van der Waals surface area contributed by atoms with E-state index in [1.54, 1.807) is 7.11 Å². The average Bonchev–Trinajstić information content (AvgIpc) is 3.01. The number of anilines is 2. The number of hydrogen-bond acceptors (Lipinski definition) is 4. The largest absolute Gasteiger partial charge is 0.383 e. The van der Waals surface area contributed by atoms with Crippen molar-refractivity contribution in [2.45, 2.75) is 39.8 Å². The van der Waals surface area contributed by atoms with Gasteiger partial charge < -0.3 is 14.6 Å². The van der Waals surface area contributed by atoms with E-state index in [0.29, 0.717) is 6.61 Å². The predicted molar refractivity (Wildman–Crippen MR) is 79.3 cm³/mol. The van der Waals surface area contributed by atoms with E-state index in [-0.39, 0.29) is 0 Å². The van der Waals surface area contributed by atoms with Crippen LogP contribution < -0.4 is 5.32 Å². The molecular formula is C14H23N5O. The molecule has 2 rings (SSSR count). The van der Waals surface area contributed by atoms with E-state index in [1.807, 2.05) is 24.0 Å². The lowest BCUT2D eigenvalue weighted by Crippen LogP contribution is -2.04. The quantitative estimate of drug-likeness (QED) is 0.805. The highest BCUT2D eigenvalue weighted by molar-refractivity contribution is 5.51.